The lowest BCUT2D eigenvalue weighted by Gasteiger charge is -2.33. The van der Waals surface area contributed by atoms with E-state index in [9.17, 15) is 5.26 Å². The van der Waals surface area contributed by atoms with Gasteiger partial charge in [-0.05, 0) is 18.9 Å². The number of benzene rings is 1. The Hall–Kier alpha value is -2.12. The first-order valence-electron chi connectivity index (χ1n) is 6.58. The van der Waals surface area contributed by atoms with Crippen LogP contribution in [0.15, 0.2) is 30.5 Å². The van der Waals surface area contributed by atoms with E-state index in [0.29, 0.717) is 5.56 Å². The highest BCUT2D eigenvalue weighted by Gasteiger charge is 2.21. The van der Waals surface area contributed by atoms with Crippen LogP contribution in [0, 0.1) is 11.3 Å². The van der Waals surface area contributed by atoms with Gasteiger partial charge in [-0.15, -0.1) is 0 Å². The van der Waals surface area contributed by atoms with Crippen LogP contribution in [0.25, 0.3) is 10.9 Å². The van der Waals surface area contributed by atoms with E-state index >= 15 is 0 Å². The molecule has 1 aromatic carbocycles. The predicted octanol–water partition coefficient (Wildman–Crippen LogP) is 2.03. The Bertz CT molecular complexity index is 644. The van der Waals surface area contributed by atoms with Gasteiger partial charge in [-0.25, -0.2) is 0 Å². The molecule has 2 heterocycles. The van der Waals surface area contributed by atoms with Gasteiger partial charge in [0.05, 0.1) is 16.8 Å². The second kappa shape index (κ2) is 4.87. The number of nitriles is 1. The van der Waals surface area contributed by atoms with Gasteiger partial charge in [-0.1, -0.05) is 18.2 Å². The van der Waals surface area contributed by atoms with Crippen LogP contribution in [0.1, 0.15) is 18.4 Å². The zero-order valence-corrected chi connectivity index (χ0v) is 10.7. The van der Waals surface area contributed by atoms with Gasteiger partial charge in [-0.3, -0.25) is 4.98 Å². The van der Waals surface area contributed by atoms with Crippen molar-refractivity contribution >= 4 is 16.6 Å². The number of nitrogens with zero attached hydrogens (tertiary/aromatic N) is 3. The average Bonchev–Trinajstić information content (AvgIpc) is 2.46. The Morgan fingerprint density at radius 1 is 1.37 bits per heavy atom. The average molecular weight is 252 g/mol. The summed E-state index contributed by atoms with van der Waals surface area (Å²) in [6.07, 6.45) is 3.79. The van der Waals surface area contributed by atoms with E-state index < -0.39 is 0 Å². The molecule has 0 saturated carbocycles. The summed E-state index contributed by atoms with van der Waals surface area (Å²) in [6, 6.07) is 10.4. The molecule has 2 aromatic rings. The molecule has 1 atom stereocenters. The van der Waals surface area contributed by atoms with Crippen molar-refractivity contribution < 1.29 is 0 Å². The Morgan fingerprint density at radius 3 is 3.00 bits per heavy atom. The summed E-state index contributed by atoms with van der Waals surface area (Å²) in [5.41, 5.74) is 8.61. The summed E-state index contributed by atoms with van der Waals surface area (Å²) in [5.74, 6) is 0. The standard InChI is InChI=1S/C15H16N4/c16-8-11-9-18-14-6-2-1-5-13(14)15(11)19-7-3-4-12(17)10-19/h1-2,5-6,9,12H,3-4,7,10,17H2. The molecule has 2 N–H and O–H groups in total. The number of para-hydroxylation sites is 1. The van der Waals surface area contributed by atoms with Gasteiger partial charge >= 0.3 is 0 Å². The highest BCUT2D eigenvalue weighted by molar-refractivity contribution is 5.94. The molecule has 1 aliphatic heterocycles. The van der Waals surface area contributed by atoms with Gasteiger partial charge in [0.15, 0.2) is 0 Å². The van der Waals surface area contributed by atoms with Crippen molar-refractivity contribution in [3.8, 4) is 6.07 Å². The third-order valence-electron chi connectivity index (χ3n) is 3.64. The summed E-state index contributed by atoms with van der Waals surface area (Å²) in [6.45, 7) is 1.76. The fourth-order valence-electron chi connectivity index (χ4n) is 2.76. The topological polar surface area (TPSA) is 65.9 Å². The Labute approximate surface area is 112 Å². The predicted molar refractivity (Wildman–Crippen MR) is 75.9 cm³/mol. The quantitative estimate of drug-likeness (QED) is 0.843. The second-order valence-corrected chi connectivity index (χ2v) is 5.00. The third kappa shape index (κ3) is 2.13. The van der Waals surface area contributed by atoms with Crippen molar-refractivity contribution in [1.29, 1.82) is 5.26 Å². The van der Waals surface area contributed by atoms with E-state index in [1.165, 1.54) is 0 Å². The first-order chi connectivity index (χ1) is 9.29. The minimum Gasteiger partial charge on any atom is -0.368 e. The molecule has 1 saturated heterocycles. The largest absolute Gasteiger partial charge is 0.368 e. The van der Waals surface area contributed by atoms with E-state index in [2.05, 4.69) is 16.0 Å². The van der Waals surface area contributed by atoms with Crippen molar-refractivity contribution in [1.82, 2.24) is 4.98 Å². The highest BCUT2D eigenvalue weighted by Crippen LogP contribution is 2.30. The Kier molecular flexibility index (Phi) is 3.06. The number of nitrogens with two attached hydrogens (primary N) is 1. The molecule has 0 bridgehead atoms. The molecule has 0 spiro atoms. The SMILES string of the molecule is N#Cc1cnc2ccccc2c1N1CCCC(N)C1. The molecule has 1 fully saturated rings. The lowest BCUT2D eigenvalue weighted by molar-refractivity contribution is 0.506. The zero-order valence-electron chi connectivity index (χ0n) is 10.7. The molecule has 0 amide bonds. The van der Waals surface area contributed by atoms with Crippen LogP contribution in [-0.2, 0) is 0 Å². The summed E-state index contributed by atoms with van der Waals surface area (Å²) in [4.78, 5) is 6.58. The van der Waals surface area contributed by atoms with Crippen LogP contribution in [0.3, 0.4) is 0 Å². The minimum atomic E-state index is 0.187. The summed E-state index contributed by atoms with van der Waals surface area (Å²) in [7, 11) is 0. The lowest BCUT2D eigenvalue weighted by atomic mass is 10.0. The molecule has 0 aliphatic carbocycles. The number of anilines is 1. The molecule has 1 aliphatic rings. The fourth-order valence-corrected chi connectivity index (χ4v) is 2.76. The van der Waals surface area contributed by atoms with Gasteiger partial charge in [0, 0.05) is 30.7 Å². The van der Waals surface area contributed by atoms with Crippen LogP contribution >= 0.6 is 0 Å². The number of hydrogen-bond acceptors (Lipinski definition) is 4. The van der Waals surface area contributed by atoms with E-state index in [4.69, 9.17) is 5.73 Å². The summed E-state index contributed by atoms with van der Waals surface area (Å²) in [5, 5.41) is 10.4. The number of hydrogen-bond donors (Lipinski definition) is 1. The molecular weight excluding hydrogens is 236 g/mol. The normalized spacial score (nSPS) is 19.4. The second-order valence-electron chi connectivity index (χ2n) is 5.00. The molecule has 4 heteroatoms. The zero-order chi connectivity index (χ0) is 13.2. The first kappa shape index (κ1) is 11.9. The molecule has 1 aromatic heterocycles. The number of piperidine rings is 1. The van der Waals surface area contributed by atoms with Crippen LogP contribution < -0.4 is 10.6 Å². The van der Waals surface area contributed by atoms with E-state index in [-0.39, 0.29) is 6.04 Å². The molecule has 0 radical (unpaired) electrons. The van der Waals surface area contributed by atoms with Crippen molar-refractivity contribution in [2.24, 2.45) is 5.73 Å². The minimum absolute atomic E-state index is 0.187. The molecule has 3 rings (SSSR count). The maximum absolute atomic E-state index is 9.33. The van der Waals surface area contributed by atoms with Gasteiger partial charge < -0.3 is 10.6 Å². The molecule has 4 nitrogen and oxygen atoms in total. The number of aromatic nitrogens is 1. The lowest BCUT2D eigenvalue weighted by Crippen LogP contribution is -2.43. The van der Waals surface area contributed by atoms with Crippen molar-refractivity contribution in [2.45, 2.75) is 18.9 Å². The van der Waals surface area contributed by atoms with E-state index in [0.717, 1.165) is 42.5 Å². The smallest absolute Gasteiger partial charge is 0.103 e. The van der Waals surface area contributed by atoms with Crippen molar-refractivity contribution in [3.63, 3.8) is 0 Å². The number of pyridine rings is 1. The molecule has 19 heavy (non-hydrogen) atoms. The summed E-state index contributed by atoms with van der Waals surface area (Å²) >= 11 is 0. The molecular formula is C15H16N4. The van der Waals surface area contributed by atoms with Gasteiger partial charge in [-0.2, -0.15) is 5.26 Å². The third-order valence-corrected chi connectivity index (χ3v) is 3.64. The first-order valence-corrected chi connectivity index (χ1v) is 6.58. The van der Waals surface area contributed by atoms with E-state index in [1.807, 2.05) is 24.3 Å². The highest BCUT2D eigenvalue weighted by atomic mass is 15.2. The maximum atomic E-state index is 9.33. The summed E-state index contributed by atoms with van der Waals surface area (Å²) < 4.78 is 0. The van der Waals surface area contributed by atoms with Crippen LogP contribution in [-0.4, -0.2) is 24.1 Å². The fraction of sp³-hybridized carbons (Fsp3) is 0.333. The Morgan fingerprint density at radius 2 is 2.21 bits per heavy atom. The van der Waals surface area contributed by atoms with Crippen molar-refractivity contribution in [3.05, 3.63) is 36.0 Å². The van der Waals surface area contributed by atoms with Gasteiger partial charge in [0.1, 0.15) is 6.07 Å². The monoisotopic (exact) mass is 252 g/mol. The Balaban J connectivity index is 2.17. The van der Waals surface area contributed by atoms with Crippen molar-refractivity contribution in [2.75, 3.05) is 18.0 Å². The van der Waals surface area contributed by atoms with Gasteiger partial charge in [0.25, 0.3) is 0 Å². The van der Waals surface area contributed by atoms with Gasteiger partial charge in [0.2, 0.25) is 0 Å². The van der Waals surface area contributed by atoms with Crippen LogP contribution in [0.5, 0.6) is 0 Å². The molecule has 96 valence electrons. The number of fused-ring (bicyclic) bond motifs is 1. The maximum Gasteiger partial charge on any atom is 0.103 e. The van der Waals surface area contributed by atoms with E-state index in [1.54, 1.807) is 6.20 Å². The number of rotatable bonds is 1. The van der Waals surface area contributed by atoms with Crippen LogP contribution in [0.2, 0.25) is 0 Å². The molecule has 1 unspecified atom stereocenters. The van der Waals surface area contributed by atoms with Crippen LogP contribution in [0.4, 0.5) is 5.69 Å².